The first-order valence-electron chi connectivity index (χ1n) is 12.4. The zero-order chi connectivity index (χ0) is 29.6. The lowest BCUT2D eigenvalue weighted by molar-refractivity contribution is -0.113. The summed E-state index contributed by atoms with van der Waals surface area (Å²) in [5.74, 6) is -1.10. The van der Waals surface area contributed by atoms with E-state index in [9.17, 15) is 18.0 Å². The number of benzene rings is 2. The molecule has 0 spiro atoms. The summed E-state index contributed by atoms with van der Waals surface area (Å²) in [6.07, 6.45) is 1.60. The van der Waals surface area contributed by atoms with Gasteiger partial charge in [-0.15, -0.1) is 28.1 Å². The molecule has 13 heteroatoms. The van der Waals surface area contributed by atoms with Gasteiger partial charge in [0.15, 0.2) is 15.0 Å². The fourth-order valence-electron chi connectivity index (χ4n) is 3.83. The summed E-state index contributed by atoms with van der Waals surface area (Å²) >= 11 is 8.32. The highest BCUT2D eigenvalue weighted by Gasteiger charge is 2.24. The molecule has 0 aliphatic rings. The lowest BCUT2D eigenvalue weighted by Gasteiger charge is -2.10. The first-order chi connectivity index (χ1) is 19.6. The van der Waals surface area contributed by atoms with E-state index in [0.29, 0.717) is 20.7 Å². The number of hydrogen-bond acceptors (Lipinski definition) is 9. The maximum Gasteiger partial charge on any atom is 0.341 e. The van der Waals surface area contributed by atoms with Crippen LogP contribution in [-0.4, -0.2) is 47.4 Å². The van der Waals surface area contributed by atoms with Crippen LogP contribution in [0.4, 0.5) is 5.00 Å². The van der Waals surface area contributed by atoms with Gasteiger partial charge in [0.2, 0.25) is 5.91 Å². The number of carbonyl (C=O) groups is 2. The van der Waals surface area contributed by atoms with E-state index in [4.69, 9.17) is 16.3 Å². The van der Waals surface area contributed by atoms with E-state index in [1.54, 1.807) is 71.5 Å². The topological polar surface area (TPSA) is 120 Å². The minimum atomic E-state index is -3.67. The summed E-state index contributed by atoms with van der Waals surface area (Å²) < 4.78 is 32.8. The second kappa shape index (κ2) is 13.5. The molecule has 4 aromatic rings. The van der Waals surface area contributed by atoms with E-state index >= 15 is 0 Å². The van der Waals surface area contributed by atoms with Gasteiger partial charge in [-0.1, -0.05) is 59.3 Å². The van der Waals surface area contributed by atoms with Gasteiger partial charge in [0.25, 0.3) is 0 Å². The number of aromatic nitrogens is 3. The minimum Gasteiger partial charge on any atom is -0.462 e. The summed E-state index contributed by atoms with van der Waals surface area (Å²) in [5, 5.41) is 14.1. The zero-order valence-electron chi connectivity index (χ0n) is 22.3. The highest BCUT2D eigenvalue weighted by molar-refractivity contribution is 7.99. The van der Waals surface area contributed by atoms with E-state index in [-0.39, 0.29) is 46.8 Å². The number of halogens is 1. The Morgan fingerprint density at radius 3 is 2.51 bits per heavy atom. The van der Waals surface area contributed by atoms with Gasteiger partial charge in [-0.3, -0.25) is 4.79 Å². The average molecular weight is 631 g/mol. The Hall–Kier alpha value is -3.45. The molecule has 0 bridgehead atoms. The largest absolute Gasteiger partial charge is 0.462 e. The summed E-state index contributed by atoms with van der Waals surface area (Å²) in [6.45, 7) is 7.77. The van der Waals surface area contributed by atoms with Crippen molar-refractivity contribution in [3.05, 3.63) is 88.5 Å². The third kappa shape index (κ3) is 7.45. The second-order valence-corrected chi connectivity index (χ2v) is 13.0. The SMILES string of the molecule is C=CCn1c(CS(=O)(=O)c2ccc(C)cc2)nnc1SCC(=O)Nc1scc(-c2ccc(Cl)cc2)c1C(=O)OCC. The van der Waals surface area contributed by atoms with Crippen LogP contribution in [0.3, 0.4) is 0 Å². The number of rotatable bonds is 12. The number of ether oxygens (including phenoxy) is 1. The molecule has 1 N–H and O–H groups in total. The molecule has 2 aromatic carbocycles. The normalized spacial score (nSPS) is 11.3. The van der Waals surface area contributed by atoms with Crippen molar-refractivity contribution in [3.63, 3.8) is 0 Å². The van der Waals surface area contributed by atoms with Gasteiger partial charge in [-0.05, 0) is 43.7 Å². The van der Waals surface area contributed by atoms with Crippen molar-refractivity contribution in [2.24, 2.45) is 0 Å². The number of amides is 1. The van der Waals surface area contributed by atoms with Crippen molar-refractivity contribution >= 4 is 61.4 Å². The number of esters is 1. The number of carbonyl (C=O) groups excluding carboxylic acids is 2. The molecule has 0 aliphatic heterocycles. The molecule has 0 aliphatic carbocycles. The summed E-state index contributed by atoms with van der Waals surface area (Å²) in [4.78, 5) is 26.0. The van der Waals surface area contributed by atoms with Crippen LogP contribution in [0.5, 0.6) is 0 Å². The number of thiophene rings is 1. The van der Waals surface area contributed by atoms with Gasteiger partial charge in [0.1, 0.15) is 22.1 Å². The van der Waals surface area contributed by atoms with Crippen molar-refractivity contribution in [1.82, 2.24) is 14.8 Å². The molecule has 4 rings (SSSR count). The third-order valence-electron chi connectivity index (χ3n) is 5.82. The number of aryl methyl sites for hydroxylation is 1. The lowest BCUT2D eigenvalue weighted by Crippen LogP contribution is -2.17. The van der Waals surface area contributed by atoms with Crippen molar-refractivity contribution in [1.29, 1.82) is 0 Å². The molecule has 0 fully saturated rings. The zero-order valence-corrected chi connectivity index (χ0v) is 25.5. The van der Waals surface area contributed by atoms with Crippen LogP contribution in [-0.2, 0) is 31.7 Å². The van der Waals surface area contributed by atoms with Crippen molar-refractivity contribution in [3.8, 4) is 11.1 Å². The standard InChI is InChI=1S/C28H27ClN4O5S3/c1-4-14-33-23(17-41(36,37)21-12-6-18(3)7-13-21)31-32-28(33)40-16-24(34)30-26-25(27(35)38-5-2)22(15-39-26)19-8-10-20(29)11-9-19/h4,6-13,15H,1,5,14,16-17H2,2-3H3,(H,30,34). The van der Waals surface area contributed by atoms with Gasteiger partial charge in [-0.2, -0.15) is 0 Å². The molecule has 0 radical (unpaired) electrons. The van der Waals surface area contributed by atoms with Crippen LogP contribution >= 0.6 is 34.7 Å². The predicted molar refractivity (Wildman–Crippen MR) is 162 cm³/mol. The molecule has 9 nitrogen and oxygen atoms in total. The Bertz CT molecular complexity index is 1660. The molecule has 0 saturated heterocycles. The number of anilines is 1. The molecule has 41 heavy (non-hydrogen) atoms. The van der Waals surface area contributed by atoms with E-state index in [2.05, 4.69) is 22.1 Å². The van der Waals surface area contributed by atoms with Crippen molar-refractivity contribution in [2.75, 3.05) is 17.7 Å². The number of hydrogen-bond donors (Lipinski definition) is 1. The predicted octanol–water partition coefficient (Wildman–Crippen LogP) is 6.04. The lowest BCUT2D eigenvalue weighted by atomic mass is 10.0. The monoisotopic (exact) mass is 630 g/mol. The van der Waals surface area contributed by atoms with Gasteiger partial charge in [0, 0.05) is 22.5 Å². The Balaban J connectivity index is 1.50. The van der Waals surface area contributed by atoms with E-state index in [1.165, 1.54) is 11.3 Å². The fraction of sp³-hybridized carbons (Fsp3) is 0.214. The molecule has 214 valence electrons. The number of nitrogens with one attached hydrogen (secondary N) is 1. The molecular formula is C28H27ClN4O5S3. The number of sulfone groups is 1. The Morgan fingerprint density at radius 2 is 1.85 bits per heavy atom. The second-order valence-electron chi connectivity index (χ2n) is 8.79. The third-order valence-corrected chi connectivity index (χ3v) is 9.56. The van der Waals surface area contributed by atoms with Crippen LogP contribution in [0.1, 0.15) is 28.7 Å². The molecule has 1 amide bonds. The summed E-state index contributed by atoms with van der Waals surface area (Å²) in [5.41, 5.74) is 2.59. The Kier molecular flexibility index (Phi) is 10.0. The maximum atomic E-state index is 13.0. The van der Waals surface area contributed by atoms with Crippen LogP contribution in [0.15, 0.2) is 76.6 Å². The average Bonchev–Trinajstić information content (AvgIpc) is 3.52. The minimum absolute atomic E-state index is 0.0591. The van der Waals surface area contributed by atoms with E-state index < -0.39 is 15.8 Å². The van der Waals surface area contributed by atoms with Crippen LogP contribution in [0, 0.1) is 6.92 Å². The van der Waals surface area contributed by atoms with Gasteiger partial charge in [-0.25, -0.2) is 13.2 Å². The molecule has 0 atom stereocenters. The number of nitrogens with zero attached hydrogens (tertiary/aromatic N) is 3. The fourth-order valence-corrected chi connectivity index (χ4v) is 6.97. The number of allylic oxidation sites excluding steroid dienone is 1. The molecule has 2 aromatic heterocycles. The summed E-state index contributed by atoms with van der Waals surface area (Å²) in [7, 11) is -3.67. The van der Waals surface area contributed by atoms with Crippen LogP contribution < -0.4 is 5.32 Å². The van der Waals surface area contributed by atoms with Gasteiger partial charge < -0.3 is 14.6 Å². The highest BCUT2D eigenvalue weighted by Crippen LogP contribution is 2.37. The molecule has 0 unspecified atom stereocenters. The first kappa shape index (κ1) is 30.5. The van der Waals surface area contributed by atoms with E-state index in [1.807, 2.05) is 6.92 Å². The number of thioether (sulfide) groups is 1. The van der Waals surface area contributed by atoms with Gasteiger partial charge in [0.05, 0.1) is 17.3 Å². The summed E-state index contributed by atoms with van der Waals surface area (Å²) in [6, 6.07) is 13.6. The van der Waals surface area contributed by atoms with Crippen LogP contribution in [0.25, 0.3) is 11.1 Å². The molecule has 0 saturated carbocycles. The first-order valence-corrected chi connectivity index (χ1v) is 16.3. The van der Waals surface area contributed by atoms with Crippen LogP contribution in [0.2, 0.25) is 5.02 Å². The maximum absolute atomic E-state index is 13.0. The Labute approximate surface area is 251 Å². The van der Waals surface area contributed by atoms with Crippen molar-refractivity contribution < 1.29 is 22.7 Å². The molecular weight excluding hydrogens is 604 g/mol. The quantitative estimate of drug-likeness (QED) is 0.114. The Morgan fingerprint density at radius 1 is 1.15 bits per heavy atom. The molecule has 2 heterocycles. The van der Waals surface area contributed by atoms with Gasteiger partial charge >= 0.3 is 5.97 Å². The van der Waals surface area contributed by atoms with Crippen molar-refractivity contribution in [2.45, 2.75) is 36.2 Å². The smallest absolute Gasteiger partial charge is 0.341 e. The highest BCUT2D eigenvalue weighted by atomic mass is 35.5. The van der Waals surface area contributed by atoms with E-state index in [0.717, 1.165) is 22.9 Å².